The van der Waals surface area contributed by atoms with Gasteiger partial charge in [-0.05, 0) is 35.9 Å². The van der Waals surface area contributed by atoms with Crippen LogP contribution in [0.3, 0.4) is 0 Å². The van der Waals surface area contributed by atoms with Crippen LogP contribution in [0, 0.1) is 0 Å². The Labute approximate surface area is 161 Å². The number of rotatable bonds is 6. The van der Waals surface area contributed by atoms with E-state index in [1.165, 1.54) is 0 Å². The topological polar surface area (TPSA) is 64.7 Å². The van der Waals surface area contributed by atoms with Crippen LogP contribution in [0.25, 0.3) is 10.9 Å². The van der Waals surface area contributed by atoms with E-state index in [4.69, 9.17) is 11.6 Å². The van der Waals surface area contributed by atoms with Crippen LogP contribution in [0.2, 0.25) is 5.02 Å². The van der Waals surface area contributed by atoms with E-state index in [0.717, 1.165) is 23.0 Å². The Morgan fingerprint density at radius 3 is 2.78 bits per heavy atom. The normalized spacial score (nSPS) is 11.0. The second kappa shape index (κ2) is 7.63. The number of carbonyl (C=O) groups excluding carboxylic acids is 1. The van der Waals surface area contributed by atoms with Crippen LogP contribution in [0.15, 0.2) is 67.1 Å². The Balaban J connectivity index is 1.43. The van der Waals surface area contributed by atoms with E-state index < -0.39 is 0 Å². The van der Waals surface area contributed by atoms with Crippen molar-refractivity contribution in [3.8, 4) is 0 Å². The zero-order valence-corrected chi connectivity index (χ0v) is 15.3. The van der Waals surface area contributed by atoms with E-state index in [9.17, 15) is 4.79 Å². The van der Waals surface area contributed by atoms with Crippen molar-refractivity contribution in [3.63, 3.8) is 0 Å². The fourth-order valence-electron chi connectivity index (χ4n) is 2.89. The van der Waals surface area contributed by atoms with Crippen LogP contribution in [0.1, 0.15) is 15.9 Å². The highest BCUT2D eigenvalue weighted by Gasteiger charge is 2.09. The SMILES string of the molecule is O=C(NCc1cccc(Cl)c1)c1ccc2cn(CCn3cccn3)nc2c1. The van der Waals surface area contributed by atoms with Crippen LogP contribution < -0.4 is 5.32 Å². The summed E-state index contributed by atoms with van der Waals surface area (Å²) in [7, 11) is 0. The molecule has 6 nitrogen and oxygen atoms in total. The number of nitrogens with zero attached hydrogens (tertiary/aromatic N) is 4. The molecular formula is C20H18ClN5O. The summed E-state index contributed by atoms with van der Waals surface area (Å²) in [6.07, 6.45) is 5.66. The van der Waals surface area contributed by atoms with Crippen molar-refractivity contribution >= 4 is 28.4 Å². The Morgan fingerprint density at radius 2 is 1.96 bits per heavy atom. The molecule has 0 fully saturated rings. The van der Waals surface area contributed by atoms with Gasteiger partial charge in [-0.2, -0.15) is 10.2 Å². The average Bonchev–Trinajstić information content (AvgIpc) is 3.33. The number of aromatic nitrogens is 4. The van der Waals surface area contributed by atoms with Crippen molar-refractivity contribution in [1.29, 1.82) is 0 Å². The molecule has 2 aromatic carbocycles. The number of halogens is 1. The summed E-state index contributed by atoms with van der Waals surface area (Å²) in [6.45, 7) is 1.89. The van der Waals surface area contributed by atoms with Crippen LogP contribution in [-0.4, -0.2) is 25.5 Å². The van der Waals surface area contributed by atoms with Crippen LogP contribution in [-0.2, 0) is 19.6 Å². The van der Waals surface area contributed by atoms with Crippen molar-refractivity contribution < 1.29 is 4.79 Å². The van der Waals surface area contributed by atoms with Crippen molar-refractivity contribution in [2.24, 2.45) is 0 Å². The van der Waals surface area contributed by atoms with E-state index >= 15 is 0 Å². The third kappa shape index (κ3) is 4.17. The molecule has 0 saturated carbocycles. The van der Waals surface area contributed by atoms with E-state index in [1.807, 2.05) is 70.3 Å². The van der Waals surface area contributed by atoms with Gasteiger partial charge in [0.05, 0.1) is 18.6 Å². The van der Waals surface area contributed by atoms with Gasteiger partial charge >= 0.3 is 0 Å². The second-order valence-electron chi connectivity index (χ2n) is 6.25. The maximum Gasteiger partial charge on any atom is 0.251 e. The third-order valence-corrected chi connectivity index (χ3v) is 4.51. The Morgan fingerprint density at radius 1 is 1.07 bits per heavy atom. The maximum atomic E-state index is 12.4. The lowest BCUT2D eigenvalue weighted by Gasteiger charge is -2.06. The lowest BCUT2D eigenvalue weighted by atomic mass is 10.1. The zero-order chi connectivity index (χ0) is 18.6. The minimum atomic E-state index is -0.136. The van der Waals surface area contributed by atoms with Crippen molar-refractivity contribution in [1.82, 2.24) is 24.9 Å². The number of nitrogens with one attached hydrogen (secondary N) is 1. The molecule has 0 aliphatic carbocycles. The molecule has 7 heteroatoms. The Kier molecular flexibility index (Phi) is 4.89. The molecule has 0 saturated heterocycles. The fourth-order valence-corrected chi connectivity index (χ4v) is 3.10. The molecule has 1 amide bonds. The average molecular weight is 380 g/mol. The monoisotopic (exact) mass is 379 g/mol. The summed E-state index contributed by atoms with van der Waals surface area (Å²) in [6, 6.07) is 14.9. The summed E-state index contributed by atoms with van der Waals surface area (Å²) in [5.74, 6) is -0.136. The van der Waals surface area contributed by atoms with E-state index in [0.29, 0.717) is 23.7 Å². The Bertz CT molecular complexity index is 1070. The molecule has 0 atom stereocenters. The number of benzene rings is 2. The number of amides is 1. The maximum absolute atomic E-state index is 12.4. The molecule has 0 spiro atoms. The molecule has 1 N–H and O–H groups in total. The molecular weight excluding hydrogens is 362 g/mol. The predicted octanol–water partition coefficient (Wildman–Crippen LogP) is 3.52. The van der Waals surface area contributed by atoms with Gasteiger partial charge in [-0.3, -0.25) is 14.2 Å². The largest absolute Gasteiger partial charge is 0.348 e. The van der Waals surface area contributed by atoms with Crippen LogP contribution >= 0.6 is 11.6 Å². The highest BCUT2D eigenvalue weighted by molar-refractivity contribution is 6.30. The van der Waals surface area contributed by atoms with Gasteiger partial charge in [-0.15, -0.1) is 0 Å². The standard InChI is InChI=1S/C20H18ClN5O/c21-18-4-1-3-15(11-18)13-22-20(27)16-5-6-17-14-26(24-19(17)12-16)10-9-25-8-2-7-23-25/h1-8,11-12,14H,9-10,13H2,(H,22,27). The lowest BCUT2D eigenvalue weighted by Crippen LogP contribution is -2.22. The van der Waals surface area contributed by atoms with Gasteiger partial charge in [0.2, 0.25) is 0 Å². The van der Waals surface area contributed by atoms with Gasteiger partial charge in [0.1, 0.15) is 0 Å². The van der Waals surface area contributed by atoms with Gasteiger partial charge < -0.3 is 5.32 Å². The first kappa shape index (κ1) is 17.3. The van der Waals surface area contributed by atoms with Crippen molar-refractivity contribution in [2.45, 2.75) is 19.6 Å². The van der Waals surface area contributed by atoms with E-state index in [-0.39, 0.29) is 5.91 Å². The predicted molar refractivity (Wildman–Crippen MR) is 105 cm³/mol. The molecule has 0 bridgehead atoms. The highest BCUT2D eigenvalue weighted by atomic mass is 35.5. The molecule has 0 unspecified atom stereocenters. The zero-order valence-electron chi connectivity index (χ0n) is 14.5. The quantitative estimate of drug-likeness (QED) is 0.557. The minimum Gasteiger partial charge on any atom is -0.348 e. The molecule has 4 rings (SSSR count). The second-order valence-corrected chi connectivity index (χ2v) is 6.68. The smallest absolute Gasteiger partial charge is 0.251 e. The molecule has 136 valence electrons. The molecule has 4 aromatic rings. The summed E-state index contributed by atoms with van der Waals surface area (Å²) in [5.41, 5.74) is 2.34. The number of aryl methyl sites for hydroxylation is 2. The highest BCUT2D eigenvalue weighted by Crippen LogP contribution is 2.15. The number of hydrogen-bond donors (Lipinski definition) is 1. The first-order valence-corrected chi connectivity index (χ1v) is 9.02. The van der Waals surface area contributed by atoms with Gasteiger partial charge in [0.15, 0.2) is 0 Å². The summed E-state index contributed by atoms with van der Waals surface area (Å²) >= 11 is 5.97. The summed E-state index contributed by atoms with van der Waals surface area (Å²) < 4.78 is 3.74. The molecule has 0 aliphatic rings. The van der Waals surface area contributed by atoms with Crippen molar-refractivity contribution in [3.05, 3.63) is 83.3 Å². The number of hydrogen-bond acceptors (Lipinski definition) is 3. The minimum absolute atomic E-state index is 0.136. The molecule has 2 aromatic heterocycles. The molecule has 0 aliphatic heterocycles. The lowest BCUT2D eigenvalue weighted by molar-refractivity contribution is 0.0951. The molecule has 2 heterocycles. The van der Waals surface area contributed by atoms with Gasteiger partial charge in [-0.25, -0.2) is 0 Å². The van der Waals surface area contributed by atoms with Gasteiger partial charge in [-0.1, -0.05) is 29.8 Å². The first-order chi connectivity index (χ1) is 13.2. The first-order valence-electron chi connectivity index (χ1n) is 8.65. The Hall–Kier alpha value is -3.12. The van der Waals surface area contributed by atoms with E-state index in [1.54, 1.807) is 6.20 Å². The summed E-state index contributed by atoms with van der Waals surface area (Å²) in [4.78, 5) is 12.4. The van der Waals surface area contributed by atoms with Gasteiger partial charge in [0.25, 0.3) is 5.91 Å². The molecule has 0 radical (unpaired) electrons. The van der Waals surface area contributed by atoms with Crippen LogP contribution in [0.5, 0.6) is 0 Å². The number of fused-ring (bicyclic) bond motifs is 1. The van der Waals surface area contributed by atoms with Gasteiger partial charge in [0, 0.05) is 41.1 Å². The molecule has 27 heavy (non-hydrogen) atoms. The van der Waals surface area contributed by atoms with Crippen LogP contribution in [0.4, 0.5) is 0 Å². The van der Waals surface area contributed by atoms with E-state index in [2.05, 4.69) is 15.5 Å². The number of carbonyl (C=O) groups is 1. The van der Waals surface area contributed by atoms with Crippen molar-refractivity contribution in [2.75, 3.05) is 0 Å². The third-order valence-electron chi connectivity index (χ3n) is 4.28. The fraction of sp³-hybridized carbons (Fsp3) is 0.150. The summed E-state index contributed by atoms with van der Waals surface area (Å²) in [5, 5.41) is 13.3.